The summed E-state index contributed by atoms with van der Waals surface area (Å²) in [7, 11) is 0. The number of carbonyl (C=O) groups excluding carboxylic acids is 1. The molecule has 0 spiro atoms. The van der Waals surface area contributed by atoms with Crippen molar-refractivity contribution in [2.24, 2.45) is 0 Å². The molecule has 0 saturated carbocycles. The van der Waals surface area contributed by atoms with Gasteiger partial charge in [0.1, 0.15) is 11.6 Å². The van der Waals surface area contributed by atoms with Crippen LogP contribution in [0.5, 0.6) is 0 Å². The molecular formula is C14H18F2N2O. The van der Waals surface area contributed by atoms with Crippen molar-refractivity contribution >= 4 is 11.6 Å². The average Bonchev–Trinajstić information content (AvgIpc) is 2.64. The number of anilines is 1. The summed E-state index contributed by atoms with van der Waals surface area (Å²) < 4.78 is 27.0. The summed E-state index contributed by atoms with van der Waals surface area (Å²) in [6.07, 6.45) is 3.82. The van der Waals surface area contributed by atoms with Gasteiger partial charge in [0, 0.05) is 6.07 Å². The molecule has 0 radical (unpaired) electrons. The highest BCUT2D eigenvalue weighted by Gasteiger charge is 2.20. The van der Waals surface area contributed by atoms with Crippen LogP contribution in [0.15, 0.2) is 12.1 Å². The Labute approximate surface area is 111 Å². The van der Waals surface area contributed by atoms with Crippen LogP contribution in [0.1, 0.15) is 31.2 Å². The highest BCUT2D eigenvalue weighted by atomic mass is 19.1. The lowest BCUT2D eigenvalue weighted by Gasteiger charge is -2.16. The lowest BCUT2D eigenvalue weighted by Crippen LogP contribution is -2.40. The smallest absolute Gasteiger partial charge is 0.241 e. The molecule has 1 saturated heterocycles. The van der Waals surface area contributed by atoms with E-state index in [1.54, 1.807) is 0 Å². The van der Waals surface area contributed by atoms with Crippen LogP contribution in [0.2, 0.25) is 0 Å². The second-order valence-electron chi connectivity index (χ2n) is 4.93. The topological polar surface area (TPSA) is 41.1 Å². The maximum atomic E-state index is 13.6. The zero-order chi connectivity index (χ0) is 13.8. The first-order valence-corrected chi connectivity index (χ1v) is 6.58. The van der Waals surface area contributed by atoms with Gasteiger partial charge in [0.25, 0.3) is 0 Å². The lowest BCUT2D eigenvalue weighted by molar-refractivity contribution is -0.118. The van der Waals surface area contributed by atoms with Crippen LogP contribution in [-0.4, -0.2) is 18.5 Å². The second kappa shape index (κ2) is 6.10. The molecule has 2 rings (SSSR count). The fraction of sp³-hybridized carbons (Fsp3) is 0.500. The number of halogens is 2. The molecule has 1 amide bonds. The van der Waals surface area contributed by atoms with E-state index in [-0.39, 0.29) is 23.2 Å². The zero-order valence-electron chi connectivity index (χ0n) is 10.9. The summed E-state index contributed by atoms with van der Waals surface area (Å²) >= 11 is 0. The summed E-state index contributed by atoms with van der Waals surface area (Å²) in [6, 6.07) is 1.79. The van der Waals surface area contributed by atoms with Crippen molar-refractivity contribution in [2.75, 3.05) is 11.9 Å². The van der Waals surface area contributed by atoms with Crippen LogP contribution < -0.4 is 10.6 Å². The second-order valence-corrected chi connectivity index (χ2v) is 4.93. The Kier molecular flexibility index (Phi) is 4.47. The van der Waals surface area contributed by atoms with E-state index in [2.05, 4.69) is 10.6 Å². The van der Waals surface area contributed by atoms with Crippen molar-refractivity contribution in [1.29, 1.82) is 0 Å². The van der Waals surface area contributed by atoms with E-state index in [1.807, 2.05) is 0 Å². The summed E-state index contributed by atoms with van der Waals surface area (Å²) in [5, 5.41) is 5.58. The van der Waals surface area contributed by atoms with Crippen molar-refractivity contribution < 1.29 is 13.6 Å². The molecule has 1 aromatic rings. The van der Waals surface area contributed by atoms with Gasteiger partial charge in [-0.2, -0.15) is 0 Å². The number of aryl methyl sites for hydroxylation is 1. The molecule has 1 fully saturated rings. The SMILES string of the molecule is Cc1cc(F)c(NC(=O)C2CCCCCN2)cc1F. The maximum Gasteiger partial charge on any atom is 0.241 e. The Morgan fingerprint density at radius 2 is 2.05 bits per heavy atom. The van der Waals surface area contributed by atoms with Crippen molar-refractivity contribution in [3.8, 4) is 0 Å². The molecule has 1 aliphatic rings. The third-order valence-corrected chi connectivity index (χ3v) is 3.38. The Morgan fingerprint density at radius 3 is 2.84 bits per heavy atom. The molecule has 1 aromatic carbocycles. The third kappa shape index (κ3) is 3.50. The van der Waals surface area contributed by atoms with Crippen molar-refractivity contribution in [3.63, 3.8) is 0 Å². The minimum Gasteiger partial charge on any atom is -0.322 e. The standard InChI is InChI=1S/C14H18F2N2O/c1-9-7-11(16)13(8-10(9)15)18-14(19)12-5-3-2-4-6-17-12/h7-8,12,17H,2-6H2,1H3,(H,18,19). The van der Waals surface area contributed by atoms with Gasteiger partial charge in [0.15, 0.2) is 0 Å². The molecule has 0 aromatic heterocycles. The van der Waals surface area contributed by atoms with Gasteiger partial charge in [0.2, 0.25) is 5.91 Å². The van der Waals surface area contributed by atoms with Gasteiger partial charge >= 0.3 is 0 Å². The molecule has 3 nitrogen and oxygen atoms in total. The first-order chi connectivity index (χ1) is 9.08. The van der Waals surface area contributed by atoms with Gasteiger partial charge in [0.05, 0.1) is 11.7 Å². The molecule has 104 valence electrons. The molecule has 5 heteroatoms. The monoisotopic (exact) mass is 268 g/mol. The zero-order valence-corrected chi connectivity index (χ0v) is 10.9. The molecule has 1 unspecified atom stereocenters. The molecule has 1 heterocycles. The number of hydrogen-bond acceptors (Lipinski definition) is 2. The third-order valence-electron chi connectivity index (χ3n) is 3.38. The predicted molar refractivity (Wildman–Crippen MR) is 70.0 cm³/mol. The van der Waals surface area contributed by atoms with Crippen LogP contribution in [0.3, 0.4) is 0 Å². The van der Waals surface area contributed by atoms with E-state index in [9.17, 15) is 13.6 Å². The molecular weight excluding hydrogens is 250 g/mol. The number of nitrogens with one attached hydrogen (secondary N) is 2. The Bertz CT molecular complexity index is 469. The lowest BCUT2D eigenvalue weighted by atomic mass is 10.1. The van der Waals surface area contributed by atoms with E-state index in [1.165, 1.54) is 6.92 Å². The maximum absolute atomic E-state index is 13.6. The number of amides is 1. The van der Waals surface area contributed by atoms with Gasteiger partial charge in [-0.3, -0.25) is 4.79 Å². The molecule has 0 aliphatic carbocycles. The molecule has 1 atom stereocenters. The van der Waals surface area contributed by atoms with Gasteiger partial charge in [-0.15, -0.1) is 0 Å². The van der Waals surface area contributed by atoms with E-state index in [0.717, 1.165) is 44.4 Å². The Balaban J connectivity index is 2.07. The van der Waals surface area contributed by atoms with Crippen molar-refractivity contribution in [3.05, 3.63) is 29.3 Å². The molecule has 19 heavy (non-hydrogen) atoms. The average molecular weight is 268 g/mol. The molecule has 1 aliphatic heterocycles. The summed E-state index contributed by atoms with van der Waals surface area (Å²) in [5.74, 6) is -1.43. The number of carbonyl (C=O) groups is 1. The Morgan fingerprint density at radius 1 is 1.26 bits per heavy atom. The predicted octanol–water partition coefficient (Wildman–Crippen LogP) is 2.74. The number of rotatable bonds is 2. The number of hydrogen-bond donors (Lipinski definition) is 2. The van der Waals surface area contributed by atoms with E-state index < -0.39 is 11.6 Å². The normalized spacial score (nSPS) is 19.8. The molecule has 2 N–H and O–H groups in total. The molecule has 0 bridgehead atoms. The van der Waals surface area contributed by atoms with Gasteiger partial charge in [-0.25, -0.2) is 8.78 Å². The first-order valence-electron chi connectivity index (χ1n) is 6.58. The van der Waals surface area contributed by atoms with Crippen LogP contribution in [0.25, 0.3) is 0 Å². The largest absolute Gasteiger partial charge is 0.322 e. The van der Waals surface area contributed by atoms with Crippen molar-refractivity contribution in [1.82, 2.24) is 5.32 Å². The van der Waals surface area contributed by atoms with Gasteiger partial charge in [-0.1, -0.05) is 12.8 Å². The summed E-state index contributed by atoms with van der Waals surface area (Å²) in [5.41, 5.74) is 0.127. The minimum atomic E-state index is -0.610. The number of benzene rings is 1. The summed E-state index contributed by atoms with van der Waals surface area (Å²) in [4.78, 5) is 12.0. The fourth-order valence-corrected chi connectivity index (χ4v) is 2.21. The van der Waals surface area contributed by atoms with E-state index >= 15 is 0 Å². The quantitative estimate of drug-likeness (QED) is 0.866. The van der Waals surface area contributed by atoms with Crippen LogP contribution in [0, 0.1) is 18.6 Å². The van der Waals surface area contributed by atoms with E-state index in [4.69, 9.17) is 0 Å². The fourth-order valence-electron chi connectivity index (χ4n) is 2.21. The summed E-state index contributed by atoms with van der Waals surface area (Å²) in [6.45, 7) is 2.26. The van der Waals surface area contributed by atoms with Gasteiger partial charge in [-0.05, 0) is 37.9 Å². The minimum absolute atomic E-state index is 0.0980. The van der Waals surface area contributed by atoms with Crippen LogP contribution in [-0.2, 0) is 4.79 Å². The van der Waals surface area contributed by atoms with Crippen LogP contribution in [0.4, 0.5) is 14.5 Å². The van der Waals surface area contributed by atoms with Crippen LogP contribution >= 0.6 is 0 Å². The highest BCUT2D eigenvalue weighted by molar-refractivity contribution is 5.95. The Hall–Kier alpha value is -1.49. The highest BCUT2D eigenvalue weighted by Crippen LogP contribution is 2.19. The first kappa shape index (κ1) is 13.9. The van der Waals surface area contributed by atoms with Crippen molar-refractivity contribution in [2.45, 2.75) is 38.6 Å². The van der Waals surface area contributed by atoms with Gasteiger partial charge < -0.3 is 10.6 Å². The van der Waals surface area contributed by atoms with E-state index in [0.29, 0.717) is 0 Å².